The molecule has 18 heavy (non-hydrogen) atoms. The fraction of sp³-hybridized carbons (Fsp3) is 0.0833. The topological polar surface area (TPSA) is 38.3 Å². The molecule has 2 rings (SSSR count). The molecule has 0 aliphatic rings. The highest BCUT2D eigenvalue weighted by Crippen LogP contribution is 2.26. The predicted octanol–water partition coefficient (Wildman–Crippen LogP) is 4.27. The maximum Gasteiger partial charge on any atom is 0.265 e. The first kappa shape index (κ1) is 13.6. The van der Waals surface area contributed by atoms with Gasteiger partial charge in [-0.2, -0.15) is 0 Å². The van der Waals surface area contributed by atoms with Crippen molar-refractivity contribution in [3.8, 4) is 5.75 Å². The van der Waals surface area contributed by atoms with Crippen LogP contribution in [0, 0.1) is 3.57 Å². The lowest BCUT2D eigenvalue weighted by Crippen LogP contribution is -2.10. The zero-order valence-electron chi connectivity index (χ0n) is 9.37. The Bertz CT molecular complexity index is 585. The Kier molecular flexibility index (Phi) is 4.47. The van der Waals surface area contributed by atoms with Crippen molar-refractivity contribution in [1.29, 1.82) is 0 Å². The van der Waals surface area contributed by atoms with Crippen molar-refractivity contribution < 1.29 is 9.53 Å². The number of nitrogens with one attached hydrogen (secondary N) is 1. The van der Waals surface area contributed by atoms with Crippen molar-refractivity contribution in [3.63, 3.8) is 0 Å². The molecule has 0 unspecified atom stereocenters. The van der Waals surface area contributed by atoms with Crippen LogP contribution in [0.25, 0.3) is 0 Å². The molecule has 0 radical (unpaired) electrons. The van der Waals surface area contributed by atoms with Gasteiger partial charge in [-0.15, -0.1) is 11.3 Å². The summed E-state index contributed by atoms with van der Waals surface area (Å²) >= 11 is 9.55. The minimum absolute atomic E-state index is 0.189. The molecule has 0 bridgehead atoms. The average Bonchev–Trinajstić information content (AvgIpc) is 2.81. The van der Waals surface area contributed by atoms with Crippen LogP contribution in [-0.2, 0) is 0 Å². The Morgan fingerprint density at radius 2 is 2.22 bits per heavy atom. The van der Waals surface area contributed by atoms with Gasteiger partial charge < -0.3 is 10.1 Å². The lowest BCUT2D eigenvalue weighted by molar-refractivity contribution is 0.103. The Hall–Kier alpha value is -0.790. The van der Waals surface area contributed by atoms with Crippen LogP contribution >= 0.6 is 45.5 Å². The molecule has 0 aliphatic carbocycles. The molecule has 6 heteroatoms. The number of methoxy groups -OCH3 is 1. The average molecular weight is 394 g/mol. The van der Waals surface area contributed by atoms with Gasteiger partial charge in [-0.3, -0.25) is 4.79 Å². The SMILES string of the molecule is COc1csc(C(=O)Nc2ccc(I)cc2Cl)c1. The molecule has 0 saturated carbocycles. The van der Waals surface area contributed by atoms with Gasteiger partial charge in [0.25, 0.3) is 5.91 Å². The first-order chi connectivity index (χ1) is 8.60. The minimum Gasteiger partial charge on any atom is -0.496 e. The van der Waals surface area contributed by atoms with Gasteiger partial charge in [-0.25, -0.2) is 0 Å². The van der Waals surface area contributed by atoms with E-state index in [-0.39, 0.29) is 5.91 Å². The van der Waals surface area contributed by atoms with Crippen LogP contribution in [0.2, 0.25) is 5.02 Å². The van der Waals surface area contributed by atoms with Crippen molar-refractivity contribution in [2.45, 2.75) is 0 Å². The molecule has 0 aliphatic heterocycles. The normalized spacial score (nSPS) is 10.2. The van der Waals surface area contributed by atoms with Gasteiger partial charge in [0, 0.05) is 15.0 Å². The number of anilines is 1. The summed E-state index contributed by atoms with van der Waals surface area (Å²) in [6.07, 6.45) is 0. The van der Waals surface area contributed by atoms with Gasteiger partial charge in [-0.1, -0.05) is 11.6 Å². The van der Waals surface area contributed by atoms with E-state index in [1.54, 1.807) is 30.7 Å². The third kappa shape index (κ3) is 3.15. The minimum atomic E-state index is -0.189. The van der Waals surface area contributed by atoms with E-state index < -0.39 is 0 Å². The van der Waals surface area contributed by atoms with E-state index in [0.717, 1.165) is 3.57 Å². The predicted molar refractivity (Wildman–Crippen MR) is 83.0 cm³/mol. The van der Waals surface area contributed by atoms with Crippen LogP contribution in [0.15, 0.2) is 29.6 Å². The Morgan fingerprint density at radius 1 is 1.44 bits per heavy atom. The molecular weight excluding hydrogens is 385 g/mol. The van der Waals surface area contributed by atoms with E-state index in [2.05, 4.69) is 27.9 Å². The number of benzene rings is 1. The summed E-state index contributed by atoms with van der Waals surface area (Å²) in [7, 11) is 1.57. The highest BCUT2D eigenvalue weighted by molar-refractivity contribution is 14.1. The number of halogens is 2. The molecule has 1 N–H and O–H groups in total. The lowest BCUT2D eigenvalue weighted by atomic mass is 10.3. The second-order valence-corrected chi connectivity index (χ2v) is 5.99. The molecule has 3 nitrogen and oxygen atoms in total. The zero-order valence-corrected chi connectivity index (χ0v) is 13.1. The largest absolute Gasteiger partial charge is 0.496 e. The van der Waals surface area contributed by atoms with Crippen LogP contribution in [0.1, 0.15) is 9.67 Å². The second kappa shape index (κ2) is 5.90. The fourth-order valence-corrected chi connectivity index (χ4v) is 2.97. The summed E-state index contributed by atoms with van der Waals surface area (Å²) in [5.41, 5.74) is 0.606. The molecule has 1 heterocycles. The molecular formula is C12H9ClINO2S. The monoisotopic (exact) mass is 393 g/mol. The number of amides is 1. The Morgan fingerprint density at radius 3 is 2.83 bits per heavy atom. The smallest absolute Gasteiger partial charge is 0.265 e. The number of carbonyl (C=O) groups excluding carboxylic acids is 1. The third-order valence-electron chi connectivity index (χ3n) is 2.21. The van der Waals surface area contributed by atoms with E-state index in [1.165, 1.54) is 11.3 Å². The van der Waals surface area contributed by atoms with Crippen LogP contribution < -0.4 is 10.1 Å². The van der Waals surface area contributed by atoms with Gasteiger partial charge in [0.05, 0.1) is 22.7 Å². The summed E-state index contributed by atoms with van der Waals surface area (Å²) in [4.78, 5) is 12.5. The summed E-state index contributed by atoms with van der Waals surface area (Å²) < 4.78 is 6.06. The lowest BCUT2D eigenvalue weighted by Gasteiger charge is -2.06. The molecule has 0 atom stereocenters. The standard InChI is InChI=1S/C12H9ClINO2S/c1-17-8-5-11(18-6-8)12(16)15-10-3-2-7(14)4-9(10)13/h2-6H,1H3,(H,15,16). The van der Waals surface area contributed by atoms with Crippen molar-refractivity contribution in [2.24, 2.45) is 0 Å². The molecule has 2 aromatic rings. The quantitative estimate of drug-likeness (QED) is 0.791. The summed E-state index contributed by atoms with van der Waals surface area (Å²) in [5, 5.41) is 5.08. The maximum absolute atomic E-state index is 12.0. The fourth-order valence-electron chi connectivity index (χ4n) is 1.32. The number of thiophene rings is 1. The first-order valence-electron chi connectivity index (χ1n) is 4.99. The van der Waals surface area contributed by atoms with Gasteiger partial charge in [-0.05, 0) is 40.8 Å². The number of hydrogen-bond acceptors (Lipinski definition) is 3. The second-order valence-electron chi connectivity index (χ2n) is 3.43. The van der Waals surface area contributed by atoms with Crippen molar-refractivity contribution in [2.75, 3.05) is 12.4 Å². The van der Waals surface area contributed by atoms with Crippen molar-refractivity contribution in [1.82, 2.24) is 0 Å². The molecule has 0 fully saturated rings. The van der Waals surface area contributed by atoms with Crippen LogP contribution in [0.5, 0.6) is 5.75 Å². The molecule has 1 aromatic heterocycles. The molecule has 0 spiro atoms. The Labute approximate surface area is 127 Å². The van der Waals surface area contributed by atoms with Gasteiger partial charge >= 0.3 is 0 Å². The molecule has 0 saturated heterocycles. The van der Waals surface area contributed by atoms with Crippen LogP contribution in [0.3, 0.4) is 0 Å². The summed E-state index contributed by atoms with van der Waals surface area (Å²) in [6.45, 7) is 0. The van der Waals surface area contributed by atoms with Crippen molar-refractivity contribution >= 4 is 57.1 Å². The number of ether oxygens (including phenoxy) is 1. The molecule has 1 amide bonds. The number of hydrogen-bond donors (Lipinski definition) is 1. The van der Waals surface area contributed by atoms with Crippen LogP contribution in [0.4, 0.5) is 5.69 Å². The first-order valence-corrected chi connectivity index (χ1v) is 7.32. The van der Waals surface area contributed by atoms with Crippen molar-refractivity contribution in [3.05, 3.63) is 43.1 Å². The van der Waals surface area contributed by atoms with Crippen LogP contribution in [-0.4, -0.2) is 13.0 Å². The van der Waals surface area contributed by atoms with E-state index in [4.69, 9.17) is 16.3 Å². The number of rotatable bonds is 3. The van der Waals surface area contributed by atoms with E-state index >= 15 is 0 Å². The van der Waals surface area contributed by atoms with Gasteiger partial charge in [0.15, 0.2) is 0 Å². The third-order valence-corrected chi connectivity index (χ3v) is 4.11. The van der Waals surface area contributed by atoms with Gasteiger partial charge in [0.1, 0.15) is 5.75 Å². The summed E-state index contributed by atoms with van der Waals surface area (Å²) in [6, 6.07) is 7.16. The highest BCUT2D eigenvalue weighted by Gasteiger charge is 2.11. The van der Waals surface area contributed by atoms with E-state index in [0.29, 0.717) is 21.3 Å². The maximum atomic E-state index is 12.0. The molecule has 1 aromatic carbocycles. The summed E-state index contributed by atoms with van der Waals surface area (Å²) in [5.74, 6) is 0.491. The van der Waals surface area contributed by atoms with Gasteiger partial charge in [0.2, 0.25) is 0 Å². The van der Waals surface area contributed by atoms with E-state index in [9.17, 15) is 4.79 Å². The van der Waals surface area contributed by atoms with E-state index in [1.807, 2.05) is 6.07 Å². The Balaban J connectivity index is 2.16. The number of carbonyl (C=O) groups is 1. The highest BCUT2D eigenvalue weighted by atomic mass is 127. The molecule has 94 valence electrons. The zero-order chi connectivity index (χ0) is 13.1.